The Morgan fingerprint density at radius 3 is 2.38 bits per heavy atom. The number of likely N-dealkylation sites (N-methyl/N-ethyl adjacent to an activating group) is 1. The Morgan fingerprint density at radius 2 is 1.90 bits per heavy atom. The van der Waals surface area contributed by atoms with Gasteiger partial charge < -0.3 is 24.8 Å². The highest BCUT2D eigenvalue weighted by atomic mass is 79.9. The third-order valence-corrected chi connectivity index (χ3v) is 4.56. The molecular weight excluding hydrogens is 438 g/mol. The van der Waals surface area contributed by atoms with Gasteiger partial charge in [-0.05, 0) is 42.8 Å². The molecule has 0 aliphatic carbocycles. The molecule has 1 aromatic carbocycles. The van der Waals surface area contributed by atoms with Crippen LogP contribution in [-0.2, 0) is 16.1 Å². The summed E-state index contributed by atoms with van der Waals surface area (Å²) in [4.78, 5) is 27.4. The van der Waals surface area contributed by atoms with Gasteiger partial charge in [-0.2, -0.15) is 0 Å². The summed E-state index contributed by atoms with van der Waals surface area (Å²) < 4.78 is 1.12. The van der Waals surface area contributed by atoms with Crippen LogP contribution in [-0.4, -0.2) is 48.7 Å². The number of carboxylic acids is 2. The van der Waals surface area contributed by atoms with Crippen molar-refractivity contribution in [2.75, 3.05) is 31.6 Å². The van der Waals surface area contributed by atoms with Crippen molar-refractivity contribution in [3.8, 4) is 0 Å². The number of carbonyl (C=O) groups is 2. The smallest absolute Gasteiger partial charge is 0.328 e. The van der Waals surface area contributed by atoms with E-state index >= 15 is 0 Å². The molecule has 1 unspecified atom stereocenters. The highest BCUT2D eigenvalue weighted by Crippen LogP contribution is 2.16. The number of quaternary nitrogens is 1. The minimum atomic E-state index is -1.51. The van der Waals surface area contributed by atoms with Crippen molar-refractivity contribution in [1.29, 1.82) is 0 Å². The highest BCUT2D eigenvalue weighted by molar-refractivity contribution is 9.10. The fraction of sp³-hybridized carbons (Fsp3) is 0.286. The van der Waals surface area contributed by atoms with Gasteiger partial charge in [-0.3, -0.25) is 0 Å². The molecule has 1 heterocycles. The molecule has 0 saturated carbocycles. The van der Waals surface area contributed by atoms with Gasteiger partial charge in [0.1, 0.15) is 5.82 Å². The molecule has 0 aliphatic heterocycles. The first-order chi connectivity index (χ1) is 13.8. The summed E-state index contributed by atoms with van der Waals surface area (Å²) in [5.74, 6) is -1.76. The molecular formula is C21H26BrN3O4. The number of carbonyl (C=O) groups excluding carboxylic acids is 1. The molecule has 8 heteroatoms. The first-order valence-corrected chi connectivity index (χ1v) is 9.94. The summed E-state index contributed by atoms with van der Waals surface area (Å²) in [6.45, 7) is 6.38. The first kappa shape index (κ1) is 24.3. The van der Waals surface area contributed by atoms with Crippen LogP contribution in [0, 0.1) is 0 Å². The molecule has 2 rings (SSSR count). The second kappa shape index (κ2) is 13.5. The lowest BCUT2D eigenvalue weighted by molar-refractivity contribution is -0.876. The van der Waals surface area contributed by atoms with Crippen molar-refractivity contribution in [2.45, 2.75) is 13.5 Å². The summed E-state index contributed by atoms with van der Waals surface area (Å²) in [5, 5.41) is 17.2. The summed E-state index contributed by atoms with van der Waals surface area (Å²) in [6, 6.07) is 14.6. The average molecular weight is 464 g/mol. The quantitative estimate of drug-likeness (QED) is 0.532. The van der Waals surface area contributed by atoms with Gasteiger partial charge in [0.2, 0.25) is 0 Å². The predicted molar refractivity (Wildman–Crippen MR) is 114 cm³/mol. The van der Waals surface area contributed by atoms with Gasteiger partial charge in [0, 0.05) is 23.3 Å². The Bertz CT molecular complexity index is 766. The maximum Gasteiger partial charge on any atom is 0.328 e. The maximum absolute atomic E-state index is 9.53. The van der Waals surface area contributed by atoms with Crippen molar-refractivity contribution < 1.29 is 24.7 Å². The molecule has 0 amide bonds. The van der Waals surface area contributed by atoms with Gasteiger partial charge in [0.15, 0.2) is 0 Å². The molecule has 0 aliphatic rings. The molecule has 2 aromatic rings. The number of aliphatic carboxylic acids is 2. The van der Waals surface area contributed by atoms with Gasteiger partial charge in [-0.15, -0.1) is 0 Å². The van der Waals surface area contributed by atoms with Crippen LogP contribution >= 0.6 is 15.9 Å². The van der Waals surface area contributed by atoms with E-state index in [1.54, 1.807) is 0 Å². The minimum Gasteiger partial charge on any atom is -0.545 e. The molecule has 0 bridgehead atoms. The number of rotatable bonds is 9. The number of nitrogens with zero attached hydrogens (tertiary/aromatic N) is 2. The Labute approximate surface area is 179 Å². The van der Waals surface area contributed by atoms with Crippen LogP contribution < -0.4 is 14.9 Å². The molecule has 1 atom stereocenters. The SMILES string of the molecule is CC[NH+](C)CCN(Cc1ccc(Br)cc1)c1ccccn1.O=C([O-])/C=C\C(=O)O. The number of halogens is 1. The molecule has 1 aromatic heterocycles. The van der Waals surface area contributed by atoms with Crippen LogP contribution in [0.5, 0.6) is 0 Å². The standard InChI is InChI=1S/C17H22BrN3.C4H4O4/c1-3-20(2)12-13-21(17-6-4-5-11-19-17)14-15-7-9-16(18)10-8-15;5-3(6)1-2-4(7)8/h4-11H,3,12-14H2,1-2H3;1-2H,(H,5,6)(H,7,8)/b;2-1-. The fourth-order valence-electron chi connectivity index (χ4n) is 2.27. The molecule has 0 radical (unpaired) electrons. The molecule has 156 valence electrons. The van der Waals surface area contributed by atoms with Crippen LogP contribution in [0.2, 0.25) is 0 Å². The van der Waals surface area contributed by atoms with E-state index < -0.39 is 11.9 Å². The highest BCUT2D eigenvalue weighted by Gasteiger charge is 2.10. The van der Waals surface area contributed by atoms with E-state index in [-0.39, 0.29) is 0 Å². The average Bonchev–Trinajstić information content (AvgIpc) is 2.71. The zero-order valence-corrected chi connectivity index (χ0v) is 18.1. The lowest BCUT2D eigenvalue weighted by atomic mass is 10.2. The van der Waals surface area contributed by atoms with Crippen molar-refractivity contribution in [3.05, 3.63) is 70.8 Å². The Kier molecular flexibility index (Phi) is 11.3. The minimum absolute atomic E-state index is 0.447. The number of aromatic nitrogens is 1. The summed E-state index contributed by atoms with van der Waals surface area (Å²) in [7, 11) is 2.23. The summed E-state index contributed by atoms with van der Waals surface area (Å²) in [6.07, 6.45) is 2.80. The zero-order chi connectivity index (χ0) is 21.6. The van der Waals surface area contributed by atoms with Gasteiger partial charge >= 0.3 is 5.97 Å². The molecule has 0 spiro atoms. The van der Waals surface area contributed by atoms with E-state index in [1.807, 2.05) is 18.3 Å². The largest absolute Gasteiger partial charge is 0.545 e. The Hall–Kier alpha value is -2.71. The van der Waals surface area contributed by atoms with Crippen molar-refractivity contribution in [3.63, 3.8) is 0 Å². The third kappa shape index (κ3) is 11.0. The predicted octanol–water partition coefficient (Wildman–Crippen LogP) is 0.762. The number of hydrogen-bond acceptors (Lipinski definition) is 5. The van der Waals surface area contributed by atoms with Crippen molar-refractivity contribution in [1.82, 2.24) is 4.98 Å². The Balaban J connectivity index is 0.000000447. The molecule has 7 nitrogen and oxygen atoms in total. The van der Waals surface area contributed by atoms with Crippen molar-refractivity contribution in [2.24, 2.45) is 0 Å². The van der Waals surface area contributed by atoms with Crippen molar-refractivity contribution >= 4 is 33.7 Å². The van der Waals surface area contributed by atoms with Gasteiger partial charge in [-0.1, -0.05) is 34.1 Å². The normalized spacial score (nSPS) is 11.4. The zero-order valence-electron chi connectivity index (χ0n) is 16.5. The number of hydrogen-bond donors (Lipinski definition) is 2. The van der Waals surface area contributed by atoms with Crippen LogP contribution in [0.25, 0.3) is 0 Å². The van der Waals surface area contributed by atoms with E-state index in [9.17, 15) is 14.7 Å². The van der Waals surface area contributed by atoms with E-state index in [1.165, 1.54) is 10.5 Å². The van der Waals surface area contributed by atoms with E-state index in [2.05, 4.69) is 70.1 Å². The molecule has 29 heavy (non-hydrogen) atoms. The molecule has 0 saturated heterocycles. The van der Waals surface area contributed by atoms with Crippen LogP contribution in [0.3, 0.4) is 0 Å². The van der Waals surface area contributed by atoms with E-state index in [4.69, 9.17) is 5.11 Å². The van der Waals surface area contributed by atoms with Gasteiger partial charge in [0.05, 0.1) is 32.7 Å². The van der Waals surface area contributed by atoms with Crippen LogP contribution in [0.4, 0.5) is 5.82 Å². The maximum atomic E-state index is 9.53. The van der Waals surface area contributed by atoms with Gasteiger partial charge in [0.25, 0.3) is 0 Å². The topological polar surface area (TPSA) is 98.0 Å². The number of benzene rings is 1. The first-order valence-electron chi connectivity index (χ1n) is 9.15. The molecule has 0 fully saturated rings. The summed E-state index contributed by atoms with van der Waals surface area (Å²) in [5.41, 5.74) is 1.30. The van der Waals surface area contributed by atoms with E-state index in [0.717, 1.165) is 36.5 Å². The number of carboxylic acid groups (broad SMARTS) is 2. The summed E-state index contributed by atoms with van der Waals surface area (Å²) >= 11 is 3.49. The van der Waals surface area contributed by atoms with Crippen LogP contribution in [0.1, 0.15) is 12.5 Å². The molecule has 2 N–H and O–H groups in total. The number of anilines is 1. The lowest BCUT2D eigenvalue weighted by Crippen LogP contribution is -3.09. The van der Waals surface area contributed by atoms with Gasteiger partial charge in [-0.25, -0.2) is 9.78 Å². The Morgan fingerprint density at radius 1 is 1.21 bits per heavy atom. The van der Waals surface area contributed by atoms with E-state index in [0.29, 0.717) is 12.2 Å². The number of pyridine rings is 1. The number of nitrogens with one attached hydrogen (secondary N) is 1. The van der Waals surface area contributed by atoms with Crippen LogP contribution in [0.15, 0.2) is 65.3 Å². The second-order valence-corrected chi connectivity index (χ2v) is 7.20. The lowest BCUT2D eigenvalue weighted by Gasteiger charge is -2.25. The monoisotopic (exact) mass is 463 g/mol. The fourth-order valence-corrected chi connectivity index (χ4v) is 2.53. The third-order valence-electron chi connectivity index (χ3n) is 4.03. The second-order valence-electron chi connectivity index (χ2n) is 6.29.